The molecule has 0 fully saturated rings. The van der Waals surface area contributed by atoms with Crippen molar-refractivity contribution in [3.63, 3.8) is 0 Å². The molecule has 0 saturated carbocycles. The Balaban J connectivity index is 3.02. The summed E-state index contributed by atoms with van der Waals surface area (Å²) in [5.41, 5.74) is 0.964. The molecule has 0 atom stereocenters. The van der Waals surface area contributed by atoms with Crippen molar-refractivity contribution in [2.45, 2.75) is 38.9 Å². The van der Waals surface area contributed by atoms with Gasteiger partial charge in [0.2, 0.25) is 0 Å². The Hall–Kier alpha value is -1.17. The highest BCUT2D eigenvalue weighted by Gasteiger charge is 2.32. The summed E-state index contributed by atoms with van der Waals surface area (Å²) in [4.78, 5) is 10.6. The molecule has 108 valence electrons. The lowest BCUT2D eigenvalue weighted by Crippen LogP contribution is -2.43. The first-order chi connectivity index (χ1) is 8.56. The average molecular weight is 285 g/mol. The number of aromatic nitrogens is 2. The van der Waals surface area contributed by atoms with Crippen LogP contribution >= 0.6 is 0 Å². The van der Waals surface area contributed by atoms with Crippen LogP contribution in [0.25, 0.3) is 0 Å². The van der Waals surface area contributed by atoms with E-state index >= 15 is 0 Å². The number of anilines is 1. The minimum Gasteiger partial charge on any atom is -0.358 e. The van der Waals surface area contributed by atoms with Gasteiger partial charge >= 0.3 is 0 Å². The molecule has 0 aromatic carbocycles. The normalized spacial score (nSPS) is 12.5. The zero-order valence-corrected chi connectivity index (χ0v) is 13.4. The molecule has 1 aromatic rings. The van der Waals surface area contributed by atoms with Gasteiger partial charge in [-0.05, 0) is 27.2 Å². The number of hydrogen-bond acceptors (Lipinski definition) is 5. The summed E-state index contributed by atoms with van der Waals surface area (Å²) in [5.74, 6) is 1.47. The molecule has 0 aliphatic carbocycles. The number of nitrogens with zero attached hydrogens (tertiary/aromatic N) is 3. The van der Waals surface area contributed by atoms with Crippen molar-refractivity contribution in [3.05, 3.63) is 17.6 Å². The Labute approximate surface area is 116 Å². The Kier molecular flexibility index (Phi) is 4.55. The maximum atomic E-state index is 11.8. The third kappa shape index (κ3) is 3.89. The third-order valence-electron chi connectivity index (χ3n) is 3.25. The summed E-state index contributed by atoms with van der Waals surface area (Å²) in [6.07, 6.45) is 2.10. The van der Waals surface area contributed by atoms with E-state index in [0.717, 1.165) is 17.9 Å². The summed E-state index contributed by atoms with van der Waals surface area (Å²) in [6.45, 7) is 7.73. The molecule has 0 amide bonds. The monoisotopic (exact) mass is 285 g/mol. The number of sulfone groups is 1. The molecule has 1 rings (SSSR count). The van der Waals surface area contributed by atoms with Crippen molar-refractivity contribution >= 4 is 15.7 Å². The standard InChI is InChI=1S/C13H23N3O2S/c1-7-11-8-12(15-10(2)14-11)16(5)9-13(3,4)19(6,17)18/h8H,7,9H2,1-6H3. The van der Waals surface area contributed by atoms with Gasteiger partial charge in [-0.2, -0.15) is 0 Å². The maximum absolute atomic E-state index is 11.8. The lowest BCUT2D eigenvalue weighted by Gasteiger charge is -2.29. The van der Waals surface area contributed by atoms with Gasteiger partial charge in [-0.15, -0.1) is 0 Å². The molecule has 0 radical (unpaired) electrons. The Bertz CT molecular complexity index is 553. The second-order valence-corrected chi connectivity index (χ2v) is 8.16. The topological polar surface area (TPSA) is 63.2 Å². The fourth-order valence-corrected chi connectivity index (χ4v) is 2.19. The van der Waals surface area contributed by atoms with Crippen LogP contribution in [0.3, 0.4) is 0 Å². The average Bonchev–Trinajstić information content (AvgIpc) is 2.25. The van der Waals surface area contributed by atoms with E-state index in [1.54, 1.807) is 13.8 Å². The van der Waals surface area contributed by atoms with Crippen LogP contribution in [0.1, 0.15) is 32.3 Å². The van der Waals surface area contributed by atoms with Crippen molar-refractivity contribution in [1.82, 2.24) is 9.97 Å². The van der Waals surface area contributed by atoms with Crippen LogP contribution in [0.5, 0.6) is 0 Å². The van der Waals surface area contributed by atoms with E-state index in [1.165, 1.54) is 6.26 Å². The zero-order chi connectivity index (χ0) is 14.8. The molecule has 1 aromatic heterocycles. The van der Waals surface area contributed by atoms with E-state index < -0.39 is 14.6 Å². The van der Waals surface area contributed by atoms with Crippen LogP contribution in [0.15, 0.2) is 6.07 Å². The largest absolute Gasteiger partial charge is 0.358 e. The molecule has 19 heavy (non-hydrogen) atoms. The second-order valence-electron chi connectivity index (χ2n) is 5.51. The molecule has 0 spiro atoms. The van der Waals surface area contributed by atoms with Crippen LogP contribution in [0.2, 0.25) is 0 Å². The zero-order valence-electron chi connectivity index (χ0n) is 12.6. The minimum absolute atomic E-state index is 0.394. The maximum Gasteiger partial charge on any atom is 0.154 e. The van der Waals surface area contributed by atoms with Gasteiger partial charge in [-0.1, -0.05) is 6.92 Å². The van der Waals surface area contributed by atoms with E-state index in [-0.39, 0.29) is 0 Å². The van der Waals surface area contributed by atoms with Crippen molar-refractivity contribution in [2.24, 2.45) is 0 Å². The summed E-state index contributed by atoms with van der Waals surface area (Å²) in [5, 5.41) is 0. The van der Waals surface area contributed by atoms with Gasteiger partial charge in [0.25, 0.3) is 0 Å². The Morgan fingerprint density at radius 1 is 1.32 bits per heavy atom. The fraction of sp³-hybridized carbons (Fsp3) is 0.692. The molecule has 6 heteroatoms. The van der Waals surface area contributed by atoms with Crippen molar-refractivity contribution < 1.29 is 8.42 Å². The first kappa shape index (κ1) is 15.9. The summed E-state index contributed by atoms with van der Waals surface area (Å²) in [6, 6.07) is 1.91. The van der Waals surface area contributed by atoms with Crippen molar-refractivity contribution in [1.29, 1.82) is 0 Å². The van der Waals surface area contributed by atoms with Crippen LogP contribution in [0, 0.1) is 6.92 Å². The molecular formula is C13H23N3O2S. The van der Waals surface area contributed by atoms with Crippen LogP contribution < -0.4 is 4.90 Å². The van der Waals surface area contributed by atoms with E-state index in [4.69, 9.17) is 0 Å². The quantitative estimate of drug-likeness (QED) is 0.822. The van der Waals surface area contributed by atoms with Crippen LogP contribution in [0.4, 0.5) is 5.82 Å². The first-order valence-corrected chi connectivity index (χ1v) is 8.21. The number of rotatable bonds is 5. The van der Waals surface area contributed by atoms with Gasteiger partial charge in [-0.25, -0.2) is 18.4 Å². The molecule has 0 N–H and O–H groups in total. The van der Waals surface area contributed by atoms with Gasteiger partial charge in [0.05, 0.1) is 4.75 Å². The fourth-order valence-electron chi connectivity index (χ4n) is 1.76. The summed E-state index contributed by atoms with van der Waals surface area (Å²) in [7, 11) is -1.26. The van der Waals surface area contributed by atoms with E-state index in [1.807, 2.05) is 31.9 Å². The Morgan fingerprint density at radius 3 is 2.37 bits per heavy atom. The van der Waals surface area contributed by atoms with Gasteiger partial charge in [0, 0.05) is 31.6 Å². The minimum atomic E-state index is -3.12. The SMILES string of the molecule is CCc1cc(N(C)CC(C)(C)S(C)(=O)=O)nc(C)n1. The summed E-state index contributed by atoms with van der Waals surface area (Å²) < 4.78 is 22.7. The number of aryl methyl sites for hydroxylation is 2. The highest BCUT2D eigenvalue weighted by molar-refractivity contribution is 7.92. The second kappa shape index (κ2) is 5.45. The van der Waals surface area contributed by atoms with E-state index in [2.05, 4.69) is 9.97 Å². The molecule has 0 unspecified atom stereocenters. The van der Waals surface area contributed by atoms with Crippen molar-refractivity contribution in [2.75, 3.05) is 24.7 Å². The molecule has 5 nitrogen and oxygen atoms in total. The van der Waals surface area contributed by atoms with Gasteiger partial charge in [0.15, 0.2) is 9.84 Å². The predicted molar refractivity (Wildman–Crippen MR) is 78.3 cm³/mol. The predicted octanol–water partition coefficient (Wildman–Crippen LogP) is 1.61. The highest BCUT2D eigenvalue weighted by Crippen LogP contribution is 2.20. The van der Waals surface area contributed by atoms with Crippen LogP contribution in [-0.2, 0) is 16.3 Å². The van der Waals surface area contributed by atoms with Gasteiger partial charge in [-0.3, -0.25) is 0 Å². The molecule has 0 aliphatic rings. The van der Waals surface area contributed by atoms with Gasteiger partial charge < -0.3 is 4.90 Å². The smallest absolute Gasteiger partial charge is 0.154 e. The molecule has 0 bridgehead atoms. The van der Waals surface area contributed by atoms with Crippen molar-refractivity contribution in [3.8, 4) is 0 Å². The lowest BCUT2D eigenvalue weighted by atomic mass is 10.2. The van der Waals surface area contributed by atoms with Gasteiger partial charge in [0.1, 0.15) is 11.6 Å². The van der Waals surface area contributed by atoms with Crippen LogP contribution in [-0.4, -0.2) is 43.0 Å². The highest BCUT2D eigenvalue weighted by atomic mass is 32.2. The molecule has 0 saturated heterocycles. The van der Waals surface area contributed by atoms with E-state index in [0.29, 0.717) is 12.4 Å². The third-order valence-corrected chi connectivity index (χ3v) is 5.39. The Morgan fingerprint density at radius 2 is 1.89 bits per heavy atom. The molecule has 0 aliphatic heterocycles. The molecule has 1 heterocycles. The number of hydrogen-bond donors (Lipinski definition) is 0. The first-order valence-electron chi connectivity index (χ1n) is 6.32. The summed E-state index contributed by atoms with van der Waals surface area (Å²) >= 11 is 0. The molecular weight excluding hydrogens is 262 g/mol. The van der Waals surface area contributed by atoms with E-state index in [9.17, 15) is 8.42 Å². The lowest BCUT2D eigenvalue weighted by molar-refractivity contribution is 0.549.